The van der Waals surface area contributed by atoms with Gasteiger partial charge >= 0.3 is 0 Å². The second-order valence-corrected chi connectivity index (χ2v) is 6.29. The predicted octanol–water partition coefficient (Wildman–Crippen LogP) is 3.29. The highest BCUT2D eigenvalue weighted by Crippen LogP contribution is 2.25. The van der Waals surface area contributed by atoms with Gasteiger partial charge in [0, 0.05) is 37.6 Å². The van der Waals surface area contributed by atoms with Crippen molar-refractivity contribution < 1.29 is 9.21 Å². The second kappa shape index (κ2) is 7.09. The van der Waals surface area contributed by atoms with Crippen molar-refractivity contribution in [3.05, 3.63) is 47.4 Å². The number of likely N-dealkylation sites (N-methyl/N-ethyl adjacent to an activating group) is 1. The number of anilines is 2. The number of rotatable bonds is 4. The Morgan fingerprint density at radius 1 is 1.12 bits per heavy atom. The van der Waals surface area contributed by atoms with Gasteiger partial charge < -0.3 is 19.5 Å². The van der Waals surface area contributed by atoms with Crippen LogP contribution in [0.2, 0.25) is 0 Å². The Hall–Kier alpha value is -2.27. The van der Waals surface area contributed by atoms with Crippen molar-refractivity contribution in [1.29, 1.82) is 0 Å². The molecule has 0 unspecified atom stereocenters. The molecule has 1 N–H and O–H groups in total. The molecule has 1 aliphatic rings. The van der Waals surface area contributed by atoms with Crippen molar-refractivity contribution in [3.63, 3.8) is 0 Å². The van der Waals surface area contributed by atoms with E-state index >= 15 is 0 Å². The van der Waals surface area contributed by atoms with Crippen molar-refractivity contribution in [3.8, 4) is 0 Å². The van der Waals surface area contributed by atoms with Crippen molar-refractivity contribution >= 4 is 17.3 Å². The maximum atomic E-state index is 12.2. The number of amides is 1. The summed E-state index contributed by atoms with van der Waals surface area (Å²) in [5.41, 5.74) is 3.22. The molecule has 1 aliphatic heterocycles. The van der Waals surface area contributed by atoms with Gasteiger partial charge in [0.2, 0.25) is 0 Å². The van der Waals surface area contributed by atoms with Gasteiger partial charge in [0.15, 0.2) is 5.76 Å². The minimum absolute atomic E-state index is 0.216. The molecular formula is C19H25N3O2. The molecular weight excluding hydrogens is 302 g/mol. The van der Waals surface area contributed by atoms with E-state index < -0.39 is 0 Å². The molecule has 0 atom stereocenters. The number of carbonyl (C=O) groups is 1. The summed E-state index contributed by atoms with van der Waals surface area (Å²) in [5.74, 6) is 0.856. The number of hydrogen-bond donors (Lipinski definition) is 1. The first-order valence-electron chi connectivity index (χ1n) is 8.52. The van der Waals surface area contributed by atoms with E-state index in [2.05, 4.69) is 35.0 Å². The highest BCUT2D eigenvalue weighted by Gasteiger charge is 2.18. The third-order valence-electron chi connectivity index (χ3n) is 4.58. The minimum Gasteiger partial charge on any atom is -0.456 e. The fourth-order valence-corrected chi connectivity index (χ4v) is 3.14. The van der Waals surface area contributed by atoms with Gasteiger partial charge in [0.05, 0.1) is 0 Å². The van der Waals surface area contributed by atoms with Crippen LogP contribution < -0.4 is 10.2 Å². The molecule has 0 saturated carbocycles. The van der Waals surface area contributed by atoms with Gasteiger partial charge in [-0.2, -0.15) is 0 Å². The molecule has 24 heavy (non-hydrogen) atoms. The Labute approximate surface area is 143 Å². The average Bonchev–Trinajstić information content (AvgIpc) is 3.02. The molecule has 1 aromatic carbocycles. The first-order chi connectivity index (χ1) is 11.6. The predicted molar refractivity (Wildman–Crippen MR) is 96.9 cm³/mol. The molecule has 1 aromatic heterocycles. The molecule has 0 radical (unpaired) electrons. The second-order valence-electron chi connectivity index (χ2n) is 6.29. The number of carbonyl (C=O) groups excluding carboxylic acids is 1. The van der Waals surface area contributed by atoms with Crippen molar-refractivity contribution in [2.24, 2.45) is 0 Å². The van der Waals surface area contributed by atoms with E-state index in [1.807, 2.05) is 19.1 Å². The lowest BCUT2D eigenvalue weighted by atomic mass is 10.1. The summed E-state index contributed by atoms with van der Waals surface area (Å²) in [6, 6.07) is 9.57. The number of aryl methyl sites for hydroxylation is 2. The van der Waals surface area contributed by atoms with Crippen LogP contribution in [-0.2, 0) is 0 Å². The van der Waals surface area contributed by atoms with Gasteiger partial charge in [-0.15, -0.1) is 0 Å². The van der Waals surface area contributed by atoms with E-state index in [4.69, 9.17) is 4.42 Å². The molecule has 0 bridgehead atoms. The van der Waals surface area contributed by atoms with Gasteiger partial charge in [-0.05, 0) is 56.3 Å². The van der Waals surface area contributed by atoms with Gasteiger partial charge in [-0.25, -0.2) is 0 Å². The Kier molecular flexibility index (Phi) is 4.90. The summed E-state index contributed by atoms with van der Waals surface area (Å²) in [6.45, 7) is 11.5. The quantitative estimate of drug-likeness (QED) is 0.936. The van der Waals surface area contributed by atoms with Crippen LogP contribution in [0.5, 0.6) is 0 Å². The van der Waals surface area contributed by atoms with Crippen LogP contribution in [0.25, 0.3) is 0 Å². The monoisotopic (exact) mass is 327 g/mol. The molecule has 2 heterocycles. The van der Waals surface area contributed by atoms with E-state index in [9.17, 15) is 4.79 Å². The van der Waals surface area contributed by atoms with Gasteiger partial charge in [-0.3, -0.25) is 4.79 Å². The smallest absolute Gasteiger partial charge is 0.291 e. The van der Waals surface area contributed by atoms with E-state index in [1.54, 1.807) is 12.1 Å². The standard InChI is InChI=1S/C19H25N3O2/c1-4-21-9-11-22(12-10-21)17-7-6-16(13-14(17)2)20-19(23)18-8-5-15(3)24-18/h5-8,13H,4,9-12H2,1-3H3,(H,20,23). The average molecular weight is 327 g/mol. The lowest BCUT2D eigenvalue weighted by molar-refractivity contribution is 0.0995. The molecule has 5 heteroatoms. The van der Waals surface area contributed by atoms with Crippen molar-refractivity contribution in [2.45, 2.75) is 20.8 Å². The SMILES string of the molecule is CCN1CCN(c2ccc(NC(=O)c3ccc(C)o3)cc2C)CC1. The number of nitrogens with one attached hydrogen (secondary N) is 1. The Morgan fingerprint density at radius 3 is 2.46 bits per heavy atom. The summed E-state index contributed by atoms with van der Waals surface area (Å²) in [7, 11) is 0. The molecule has 0 spiro atoms. The molecule has 1 amide bonds. The maximum Gasteiger partial charge on any atom is 0.291 e. The van der Waals surface area contributed by atoms with Crippen molar-refractivity contribution in [1.82, 2.24) is 4.90 Å². The van der Waals surface area contributed by atoms with E-state index in [0.717, 1.165) is 44.2 Å². The maximum absolute atomic E-state index is 12.2. The van der Waals surface area contributed by atoms with Crippen molar-refractivity contribution in [2.75, 3.05) is 42.9 Å². The first kappa shape index (κ1) is 16.6. The largest absolute Gasteiger partial charge is 0.456 e. The van der Waals surface area contributed by atoms with Crippen LogP contribution in [0.15, 0.2) is 34.7 Å². The molecule has 2 aromatic rings. The molecule has 1 fully saturated rings. The van der Waals surface area contributed by atoms with Gasteiger partial charge in [-0.1, -0.05) is 6.92 Å². The summed E-state index contributed by atoms with van der Waals surface area (Å²) >= 11 is 0. The summed E-state index contributed by atoms with van der Waals surface area (Å²) in [6.07, 6.45) is 0. The topological polar surface area (TPSA) is 48.7 Å². The van der Waals surface area contributed by atoms with Gasteiger partial charge in [0.1, 0.15) is 5.76 Å². The van der Waals surface area contributed by atoms with Crippen LogP contribution in [0.4, 0.5) is 11.4 Å². The zero-order chi connectivity index (χ0) is 17.1. The first-order valence-corrected chi connectivity index (χ1v) is 8.52. The van der Waals surface area contributed by atoms with Crippen LogP contribution in [0.3, 0.4) is 0 Å². The van der Waals surface area contributed by atoms with E-state index in [1.165, 1.54) is 11.3 Å². The number of piperazine rings is 1. The third-order valence-corrected chi connectivity index (χ3v) is 4.58. The highest BCUT2D eigenvalue weighted by molar-refractivity contribution is 6.02. The number of nitrogens with zero attached hydrogens (tertiary/aromatic N) is 2. The lowest BCUT2D eigenvalue weighted by Crippen LogP contribution is -2.46. The number of hydrogen-bond acceptors (Lipinski definition) is 4. The normalized spacial score (nSPS) is 15.5. The number of benzene rings is 1. The molecule has 1 saturated heterocycles. The fourth-order valence-electron chi connectivity index (χ4n) is 3.14. The summed E-state index contributed by atoms with van der Waals surface area (Å²) < 4.78 is 5.36. The molecule has 128 valence electrons. The van der Waals surface area contributed by atoms with Gasteiger partial charge in [0.25, 0.3) is 5.91 Å². The third kappa shape index (κ3) is 3.62. The zero-order valence-corrected chi connectivity index (χ0v) is 14.6. The van der Waals surface area contributed by atoms with Crippen LogP contribution in [0.1, 0.15) is 28.8 Å². The Balaban J connectivity index is 1.67. The zero-order valence-electron chi connectivity index (χ0n) is 14.6. The Bertz CT molecular complexity index is 715. The van der Waals surface area contributed by atoms with Crippen LogP contribution in [0, 0.1) is 13.8 Å². The van der Waals surface area contributed by atoms with E-state index in [0.29, 0.717) is 5.76 Å². The molecule has 5 nitrogen and oxygen atoms in total. The Morgan fingerprint density at radius 2 is 1.88 bits per heavy atom. The molecule has 3 rings (SSSR count). The highest BCUT2D eigenvalue weighted by atomic mass is 16.3. The summed E-state index contributed by atoms with van der Waals surface area (Å²) in [4.78, 5) is 17.1. The molecule has 0 aliphatic carbocycles. The fraction of sp³-hybridized carbons (Fsp3) is 0.421. The van der Waals surface area contributed by atoms with E-state index in [-0.39, 0.29) is 5.91 Å². The van der Waals surface area contributed by atoms with Crippen LogP contribution >= 0.6 is 0 Å². The minimum atomic E-state index is -0.216. The number of furan rings is 1. The summed E-state index contributed by atoms with van der Waals surface area (Å²) in [5, 5.41) is 2.90. The lowest BCUT2D eigenvalue weighted by Gasteiger charge is -2.36. The van der Waals surface area contributed by atoms with Crippen LogP contribution in [-0.4, -0.2) is 43.5 Å².